The number of nitrogen functional groups attached to an aromatic ring is 1. The highest BCUT2D eigenvalue weighted by Gasteiger charge is 2.10. The monoisotopic (exact) mass is 249 g/mol. The van der Waals surface area contributed by atoms with Gasteiger partial charge in [0.15, 0.2) is 0 Å². The number of fused-ring (bicyclic) bond motifs is 1. The predicted molar refractivity (Wildman–Crippen MR) is 77.9 cm³/mol. The summed E-state index contributed by atoms with van der Waals surface area (Å²) in [4.78, 5) is 8.91. The van der Waals surface area contributed by atoms with Crippen LogP contribution < -0.4 is 5.73 Å². The molecule has 2 heterocycles. The van der Waals surface area contributed by atoms with E-state index in [4.69, 9.17) is 5.73 Å². The molecule has 1 aromatic carbocycles. The van der Waals surface area contributed by atoms with Gasteiger partial charge in [0.25, 0.3) is 0 Å². The highest BCUT2D eigenvalue weighted by Crippen LogP contribution is 2.25. The Hall–Kier alpha value is -2.42. The number of rotatable bonds is 2. The SMILES string of the molecule is Cc1nc(N)c2cccnc2c1Cc1ccccc1. The van der Waals surface area contributed by atoms with Crippen LogP contribution in [0.3, 0.4) is 0 Å². The summed E-state index contributed by atoms with van der Waals surface area (Å²) in [5, 5.41) is 0.930. The fraction of sp³-hybridized carbons (Fsp3) is 0.125. The average Bonchev–Trinajstić information content (AvgIpc) is 2.45. The van der Waals surface area contributed by atoms with Crippen molar-refractivity contribution in [2.24, 2.45) is 0 Å². The van der Waals surface area contributed by atoms with Crippen LogP contribution in [-0.2, 0) is 6.42 Å². The van der Waals surface area contributed by atoms with Crippen molar-refractivity contribution in [1.82, 2.24) is 9.97 Å². The van der Waals surface area contributed by atoms with Crippen LogP contribution >= 0.6 is 0 Å². The van der Waals surface area contributed by atoms with Gasteiger partial charge in [0.05, 0.1) is 5.52 Å². The smallest absolute Gasteiger partial charge is 0.133 e. The van der Waals surface area contributed by atoms with E-state index >= 15 is 0 Å². The minimum absolute atomic E-state index is 0.553. The number of hydrogen-bond donors (Lipinski definition) is 1. The molecule has 0 spiro atoms. The number of anilines is 1. The van der Waals surface area contributed by atoms with Gasteiger partial charge in [-0.05, 0) is 24.6 Å². The van der Waals surface area contributed by atoms with Gasteiger partial charge in [-0.1, -0.05) is 30.3 Å². The first-order valence-electron chi connectivity index (χ1n) is 6.29. The first-order valence-corrected chi connectivity index (χ1v) is 6.29. The second-order valence-electron chi connectivity index (χ2n) is 4.62. The molecule has 3 aromatic rings. The largest absolute Gasteiger partial charge is 0.383 e. The van der Waals surface area contributed by atoms with Crippen LogP contribution in [-0.4, -0.2) is 9.97 Å². The minimum Gasteiger partial charge on any atom is -0.383 e. The molecule has 0 aliphatic rings. The number of nitrogens with two attached hydrogens (primary N) is 1. The Morgan fingerprint density at radius 1 is 1.05 bits per heavy atom. The summed E-state index contributed by atoms with van der Waals surface area (Å²) >= 11 is 0. The Balaban J connectivity index is 2.18. The van der Waals surface area contributed by atoms with Crippen molar-refractivity contribution < 1.29 is 0 Å². The van der Waals surface area contributed by atoms with E-state index < -0.39 is 0 Å². The van der Waals surface area contributed by atoms with Crippen LogP contribution in [0.15, 0.2) is 48.7 Å². The highest BCUT2D eigenvalue weighted by atomic mass is 14.9. The molecule has 2 N–H and O–H groups in total. The molecular formula is C16H15N3. The molecule has 2 aromatic heterocycles. The van der Waals surface area contributed by atoms with Crippen molar-refractivity contribution in [3.8, 4) is 0 Å². The van der Waals surface area contributed by atoms with Gasteiger partial charge >= 0.3 is 0 Å². The number of hydrogen-bond acceptors (Lipinski definition) is 3. The molecule has 3 heteroatoms. The third-order valence-electron chi connectivity index (χ3n) is 3.32. The summed E-state index contributed by atoms with van der Waals surface area (Å²) in [6.07, 6.45) is 2.63. The van der Waals surface area contributed by atoms with Crippen LogP contribution in [0.1, 0.15) is 16.8 Å². The lowest BCUT2D eigenvalue weighted by Crippen LogP contribution is -2.02. The summed E-state index contributed by atoms with van der Waals surface area (Å²) in [7, 11) is 0. The summed E-state index contributed by atoms with van der Waals surface area (Å²) in [6, 6.07) is 14.2. The summed E-state index contributed by atoms with van der Waals surface area (Å²) in [5.74, 6) is 0.553. The zero-order valence-electron chi connectivity index (χ0n) is 10.8. The first-order chi connectivity index (χ1) is 9.25. The molecule has 0 atom stereocenters. The van der Waals surface area contributed by atoms with E-state index in [9.17, 15) is 0 Å². The molecule has 3 rings (SSSR count). The van der Waals surface area contributed by atoms with Gasteiger partial charge in [0.2, 0.25) is 0 Å². The van der Waals surface area contributed by atoms with Crippen molar-refractivity contribution in [3.63, 3.8) is 0 Å². The Bertz CT molecular complexity index is 721. The number of nitrogens with zero attached hydrogens (tertiary/aromatic N) is 2. The summed E-state index contributed by atoms with van der Waals surface area (Å²) in [6.45, 7) is 1.99. The lowest BCUT2D eigenvalue weighted by Gasteiger charge is -2.10. The molecule has 3 nitrogen and oxygen atoms in total. The molecule has 19 heavy (non-hydrogen) atoms. The van der Waals surface area contributed by atoms with Gasteiger partial charge in [-0.25, -0.2) is 4.98 Å². The van der Waals surface area contributed by atoms with Gasteiger partial charge in [-0.3, -0.25) is 4.98 Å². The van der Waals surface area contributed by atoms with Gasteiger partial charge in [0, 0.05) is 29.3 Å². The second-order valence-corrected chi connectivity index (χ2v) is 4.62. The highest BCUT2D eigenvalue weighted by molar-refractivity contribution is 5.90. The zero-order valence-corrected chi connectivity index (χ0v) is 10.8. The fourth-order valence-electron chi connectivity index (χ4n) is 2.34. The quantitative estimate of drug-likeness (QED) is 0.759. The standard InChI is InChI=1S/C16H15N3/c1-11-14(10-12-6-3-2-4-7-12)15-13(16(17)19-11)8-5-9-18-15/h2-9H,10H2,1H3,(H2,17,19). The molecule has 0 amide bonds. The number of aromatic nitrogens is 2. The molecule has 0 fully saturated rings. The molecule has 0 unspecified atom stereocenters. The van der Waals surface area contributed by atoms with Crippen molar-refractivity contribution >= 4 is 16.7 Å². The van der Waals surface area contributed by atoms with Crippen LogP contribution in [0.4, 0.5) is 5.82 Å². The Labute approximate surface area is 112 Å². The number of benzene rings is 1. The van der Waals surface area contributed by atoms with Crippen LogP contribution in [0.25, 0.3) is 10.9 Å². The molecular weight excluding hydrogens is 234 g/mol. The van der Waals surface area contributed by atoms with E-state index in [-0.39, 0.29) is 0 Å². The summed E-state index contributed by atoms with van der Waals surface area (Å²) < 4.78 is 0. The van der Waals surface area contributed by atoms with Crippen LogP contribution in [0, 0.1) is 6.92 Å². The molecule has 0 aliphatic carbocycles. The van der Waals surface area contributed by atoms with Gasteiger partial charge in [-0.2, -0.15) is 0 Å². The Morgan fingerprint density at radius 2 is 1.84 bits per heavy atom. The van der Waals surface area contributed by atoms with Gasteiger partial charge in [0.1, 0.15) is 5.82 Å². The van der Waals surface area contributed by atoms with E-state index in [0.717, 1.165) is 28.6 Å². The molecule has 0 saturated carbocycles. The topological polar surface area (TPSA) is 51.8 Å². The zero-order chi connectivity index (χ0) is 13.2. The molecule has 0 bridgehead atoms. The average molecular weight is 249 g/mol. The fourth-order valence-corrected chi connectivity index (χ4v) is 2.34. The Kier molecular flexibility index (Phi) is 2.88. The minimum atomic E-state index is 0.553. The maximum absolute atomic E-state index is 5.97. The third-order valence-corrected chi connectivity index (χ3v) is 3.32. The van der Waals surface area contributed by atoms with Crippen molar-refractivity contribution in [2.75, 3.05) is 5.73 Å². The maximum Gasteiger partial charge on any atom is 0.133 e. The molecule has 0 radical (unpaired) electrons. The summed E-state index contributed by atoms with van der Waals surface area (Å²) in [5.41, 5.74) is 10.3. The Morgan fingerprint density at radius 3 is 2.63 bits per heavy atom. The van der Waals surface area contributed by atoms with E-state index in [1.165, 1.54) is 5.56 Å². The lowest BCUT2D eigenvalue weighted by atomic mass is 10.0. The van der Waals surface area contributed by atoms with Gasteiger partial charge in [-0.15, -0.1) is 0 Å². The van der Waals surface area contributed by atoms with E-state index in [0.29, 0.717) is 5.82 Å². The van der Waals surface area contributed by atoms with Crippen molar-refractivity contribution in [2.45, 2.75) is 13.3 Å². The van der Waals surface area contributed by atoms with Crippen molar-refractivity contribution in [1.29, 1.82) is 0 Å². The van der Waals surface area contributed by atoms with Crippen LogP contribution in [0.5, 0.6) is 0 Å². The number of aryl methyl sites for hydroxylation is 1. The normalized spacial score (nSPS) is 10.8. The van der Waals surface area contributed by atoms with E-state index in [1.807, 2.05) is 37.3 Å². The van der Waals surface area contributed by atoms with E-state index in [2.05, 4.69) is 22.1 Å². The number of pyridine rings is 2. The second kappa shape index (κ2) is 4.69. The first kappa shape index (κ1) is 11.7. The van der Waals surface area contributed by atoms with E-state index in [1.54, 1.807) is 6.20 Å². The van der Waals surface area contributed by atoms with Crippen molar-refractivity contribution in [3.05, 3.63) is 65.5 Å². The molecule has 0 saturated heterocycles. The van der Waals surface area contributed by atoms with Gasteiger partial charge < -0.3 is 5.73 Å². The lowest BCUT2D eigenvalue weighted by molar-refractivity contribution is 1.09. The van der Waals surface area contributed by atoms with Crippen LogP contribution in [0.2, 0.25) is 0 Å². The third kappa shape index (κ3) is 2.15. The molecule has 94 valence electrons. The predicted octanol–water partition coefficient (Wildman–Crippen LogP) is 3.11. The molecule has 0 aliphatic heterocycles. The maximum atomic E-state index is 5.97.